The van der Waals surface area contributed by atoms with Gasteiger partial charge in [-0.15, -0.1) is 0 Å². The Hall–Kier alpha value is -1.45. The average Bonchev–Trinajstić information content (AvgIpc) is 2.82. The van der Waals surface area contributed by atoms with Crippen LogP contribution in [0.25, 0.3) is 11.1 Å². The van der Waals surface area contributed by atoms with Gasteiger partial charge in [-0.25, -0.2) is 4.79 Å². The van der Waals surface area contributed by atoms with Crippen LogP contribution >= 0.6 is 23.2 Å². The van der Waals surface area contributed by atoms with E-state index in [0.29, 0.717) is 33.5 Å². The second-order valence-corrected chi connectivity index (χ2v) is 4.37. The van der Waals surface area contributed by atoms with Crippen LogP contribution < -0.4 is 0 Å². The first-order valence-corrected chi connectivity index (χ1v) is 6.19. The fraction of sp³-hybridized carbons (Fsp3) is 0.154. The molecule has 2 aromatic rings. The van der Waals surface area contributed by atoms with Gasteiger partial charge in [0.15, 0.2) is 0 Å². The van der Waals surface area contributed by atoms with Gasteiger partial charge < -0.3 is 9.72 Å². The lowest BCUT2D eigenvalue weighted by Crippen LogP contribution is -2.06. The van der Waals surface area contributed by atoms with Crippen molar-refractivity contribution in [3.63, 3.8) is 0 Å². The number of carbonyl (C=O) groups excluding carboxylic acids is 1. The standard InChI is InChI=1S/C13H11Cl2NO2/c1-2-18-13(17)12-9(6-7-16-12)8-4-3-5-10(14)11(8)15/h3-7,16H,2H2,1H3. The minimum Gasteiger partial charge on any atom is -0.461 e. The molecule has 94 valence electrons. The molecular formula is C13H11Cl2NO2. The zero-order valence-electron chi connectivity index (χ0n) is 9.67. The van der Waals surface area contributed by atoms with E-state index in [1.54, 1.807) is 37.4 Å². The largest absolute Gasteiger partial charge is 0.461 e. The van der Waals surface area contributed by atoms with Crippen LogP contribution in [-0.2, 0) is 4.74 Å². The molecule has 0 unspecified atom stereocenters. The molecule has 0 bridgehead atoms. The van der Waals surface area contributed by atoms with Crippen molar-refractivity contribution in [3.05, 3.63) is 46.2 Å². The average molecular weight is 284 g/mol. The smallest absolute Gasteiger partial charge is 0.355 e. The van der Waals surface area contributed by atoms with Gasteiger partial charge in [0.2, 0.25) is 0 Å². The van der Waals surface area contributed by atoms with Crippen LogP contribution in [0.5, 0.6) is 0 Å². The van der Waals surface area contributed by atoms with Gasteiger partial charge in [-0.3, -0.25) is 0 Å². The summed E-state index contributed by atoms with van der Waals surface area (Å²) in [5.74, 6) is -0.409. The zero-order valence-corrected chi connectivity index (χ0v) is 11.2. The van der Waals surface area contributed by atoms with Gasteiger partial charge in [0.1, 0.15) is 5.69 Å². The summed E-state index contributed by atoms with van der Waals surface area (Å²) in [6.45, 7) is 2.08. The lowest BCUT2D eigenvalue weighted by molar-refractivity contribution is 0.0521. The molecule has 5 heteroatoms. The van der Waals surface area contributed by atoms with Gasteiger partial charge in [-0.1, -0.05) is 35.3 Å². The predicted octanol–water partition coefficient (Wildman–Crippen LogP) is 4.17. The zero-order chi connectivity index (χ0) is 13.1. The quantitative estimate of drug-likeness (QED) is 0.860. The Morgan fingerprint density at radius 3 is 2.78 bits per heavy atom. The van der Waals surface area contributed by atoms with Crippen LogP contribution in [0, 0.1) is 0 Å². The first-order chi connectivity index (χ1) is 8.65. The van der Waals surface area contributed by atoms with Gasteiger partial charge in [-0.05, 0) is 19.1 Å². The minimum absolute atomic E-state index is 0.320. The van der Waals surface area contributed by atoms with Crippen LogP contribution in [-0.4, -0.2) is 17.6 Å². The van der Waals surface area contributed by atoms with Crippen molar-refractivity contribution in [2.45, 2.75) is 6.92 Å². The van der Waals surface area contributed by atoms with Gasteiger partial charge in [0.25, 0.3) is 0 Å². The topological polar surface area (TPSA) is 42.1 Å². The number of nitrogens with one attached hydrogen (secondary N) is 1. The number of esters is 1. The van der Waals surface area contributed by atoms with Crippen molar-refractivity contribution in [3.8, 4) is 11.1 Å². The van der Waals surface area contributed by atoms with Crippen molar-refractivity contribution in [2.24, 2.45) is 0 Å². The molecule has 1 N–H and O–H groups in total. The van der Waals surface area contributed by atoms with E-state index in [-0.39, 0.29) is 0 Å². The van der Waals surface area contributed by atoms with E-state index in [9.17, 15) is 4.79 Å². The molecule has 0 aliphatic rings. The number of hydrogen-bond donors (Lipinski definition) is 1. The molecule has 3 nitrogen and oxygen atoms in total. The summed E-state index contributed by atoms with van der Waals surface area (Å²) in [7, 11) is 0. The highest BCUT2D eigenvalue weighted by Gasteiger charge is 2.17. The number of hydrogen-bond acceptors (Lipinski definition) is 2. The van der Waals surface area contributed by atoms with E-state index >= 15 is 0 Å². The molecule has 0 fully saturated rings. The summed E-state index contributed by atoms with van der Waals surface area (Å²) >= 11 is 12.1. The highest BCUT2D eigenvalue weighted by atomic mass is 35.5. The fourth-order valence-corrected chi connectivity index (χ4v) is 2.08. The molecule has 0 atom stereocenters. The SMILES string of the molecule is CCOC(=O)c1[nH]ccc1-c1cccc(Cl)c1Cl. The summed E-state index contributed by atoms with van der Waals surface area (Å²) in [4.78, 5) is 14.6. The molecule has 0 radical (unpaired) electrons. The summed E-state index contributed by atoms with van der Waals surface area (Å²) < 4.78 is 4.97. The van der Waals surface area contributed by atoms with Crippen LogP contribution in [0.2, 0.25) is 10.0 Å². The highest BCUT2D eigenvalue weighted by molar-refractivity contribution is 6.43. The van der Waals surface area contributed by atoms with Crippen LogP contribution in [0.4, 0.5) is 0 Å². The molecule has 2 rings (SSSR count). The molecule has 0 aliphatic heterocycles. The number of benzene rings is 1. The maximum atomic E-state index is 11.8. The third-order valence-electron chi connectivity index (χ3n) is 2.47. The first kappa shape index (κ1) is 13.0. The Morgan fingerprint density at radius 2 is 2.06 bits per heavy atom. The number of ether oxygens (including phenoxy) is 1. The number of aromatic amines is 1. The van der Waals surface area contributed by atoms with E-state index in [0.717, 1.165) is 0 Å². The van der Waals surface area contributed by atoms with Crippen molar-refractivity contribution >= 4 is 29.2 Å². The third-order valence-corrected chi connectivity index (χ3v) is 3.29. The van der Waals surface area contributed by atoms with Crippen molar-refractivity contribution in [1.82, 2.24) is 4.98 Å². The van der Waals surface area contributed by atoms with Crippen LogP contribution in [0.15, 0.2) is 30.5 Å². The van der Waals surface area contributed by atoms with E-state index in [1.165, 1.54) is 0 Å². The van der Waals surface area contributed by atoms with Gasteiger partial charge in [-0.2, -0.15) is 0 Å². The molecular weight excluding hydrogens is 273 g/mol. The summed E-state index contributed by atoms with van der Waals surface area (Å²) in [5, 5.41) is 0.870. The lowest BCUT2D eigenvalue weighted by Gasteiger charge is -2.07. The molecule has 0 amide bonds. The molecule has 1 heterocycles. The first-order valence-electron chi connectivity index (χ1n) is 5.44. The predicted molar refractivity (Wildman–Crippen MR) is 72.2 cm³/mol. The molecule has 0 aliphatic carbocycles. The molecule has 0 saturated carbocycles. The molecule has 0 saturated heterocycles. The Labute approximate surface area is 115 Å². The number of halogens is 2. The summed E-state index contributed by atoms with van der Waals surface area (Å²) in [6.07, 6.45) is 1.67. The molecule has 1 aromatic carbocycles. The Balaban J connectivity index is 2.49. The Bertz CT molecular complexity index is 578. The second kappa shape index (κ2) is 5.46. The molecule has 1 aromatic heterocycles. The number of aromatic nitrogens is 1. The summed E-state index contributed by atoms with van der Waals surface area (Å²) in [5.41, 5.74) is 1.76. The normalized spacial score (nSPS) is 10.4. The maximum absolute atomic E-state index is 11.8. The number of H-pyrrole nitrogens is 1. The van der Waals surface area contributed by atoms with Crippen LogP contribution in [0.3, 0.4) is 0 Å². The maximum Gasteiger partial charge on any atom is 0.355 e. The Morgan fingerprint density at radius 1 is 1.28 bits per heavy atom. The fourth-order valence-electron chi connectivity index (χ4n) is 1.68. The van der Waals surface area contributed by atoms with Gasteiger partial charge >= 0.3 is 5.97 Å². The van der Waals surface area contributed by atoms with E-state index in [4.69, 9.17) is 27.9 Å². The van der Waals surface area contributed by atoms with Crippen molar-refractivity contribution in [1.29, 1.82) is 0 Å². The van der Waals surface area contributed by atoms with Crippen LogP contribution in [0.1, 0.15) is 17.4 Å². The summed E-state index contributed by atoms with van der Waals surface area (Å²) in [6, 6.07) is 7.06. The van der Waals surface area contributed by atoms with Gasteiger partial charge in [0.05, 0.1) is 16.7 Å². The number of carbonyl (C=O) groups is 1. The van der Waals surface area contributed by atoms with Crippen molar-refractivity contribution in [2.75, 3.05) is 6.61 Å². The van der Waals surface area contributed by atoms with Gasteiger partial charge in [0, 0.05) is 17.3 Å². The monoisotopic (exact) mass is 283 g/mol. The van der Waals surface area contributed by atoms with E-state index < -0.39 is 5.97 Å². The molecule has 18 heavy (non-hydrogen) atoms. The molecule has 0 spiro atoms. The third kappa shape index (κ3) is 2.37. The number of rotatable bonds is 3. The lowest BCUT2D eigenvalue weighted by atomic mass is 10.1. The van der Waals surface area contributed by atoms with Crippen molar-refractivity contribution < 1.29 is 9.53 Å². The minimum atomic E-state index is -0.409. The van der Waals surface area contributed by atoms with E-state index in [1.807, 2.05) is 0 Å². The van der Waals surface area contributed by atoms with E-state index in [2.05, 4.69) is 4.98 Å². The Kier molecular flexibility index (Phi) is 3.94. The highest BCUT2D eigenvalue weighted by Crippen LogP contribution is 2.35. The second-order valence-electron chi connectivity index (χ2n) is 3.59.